The van der Waals surface area contributed by atoms with Crippen LogP contribution in [0.25, 0.3) is 0 Å². The zero-order valence-corrected chi connectivity index (χ0v) is 6.89. The maximum atomic E-state index is 4.72. The van der Waals surface area contributed by atoms with Crippen molar-refractivity contribution in [2.45, 2.75) is 5.03 Å². The number of nitrogens with zero attached hydrogens (tertiary/aromatic N) is 1. The van der Waals surface area contributed by atoms with E-state index in [9.17, 15) is 0 Å². The van der Waals surface area contributed by atoms with Gasteiger partial charge in [-0.1, -0.05) is 24.0 Å². The van der Waals surface area contributed by atoms with Crippen LogP contribution >= 0.6 is 36.6 Å². The van der Waals surface area contributed by atoms with E-state index in [1.54, 1.807) is 6.20 Å². The maximum absolute atomic E-state index is 4.72. The van der Waals surface area contributed by atoms with Crippen molar-refractivity contribution in [1.82, 2.24) is 10.2 Å². The Morgan fingerprint density at radius 3 is 3.11 bits per heavy atom. The van der Waals surface area contributed by atoms with Crippen molar-refractivity contribution >= 4 is 40.1 Å². The Kier molecular flexibility index (Phi) is 2.56. The van der Waals surface area contributed by atoms with Crippen molar-refractivity contribution in [3.05, 3.63) is 12.3 Å². The van der Waals surface area contributed by atoms with E-state index in [1.807, 2.05) is 6.07 Å². The van der Waals surface area contributed by atoms with Gasteiger partial charge in [0, 0.05) is 6.20 Å². The zero-order valence-electron chi connectivity index (χ0n) is 4.37. The van der Waals surface area contributed by atoms with E-state index in [2.05, 4.69) is 22.8 Å². The monoisotopic (exact) mass is 176 g/mol. The molecule has 1 heterocycles. The van der Waals surface area contributed by atoms with Gasteiger partial charge < -0.3 is 0 Å². The summed E-state index contributed by atoms with van der Waals surface area (Å²) in [5.41, 5.74) is 0. The average molecular weight is 176 g/mol. The largest absolute Gasteiger partial charge is 0.272 e. The first kappa shape index (κ1) is 7.11. The molecule has 0 saturated carbocycles. The fraction of sp³-hybridized carbons (Fsp3) is 0. The van der Waals surface area contributed by atoms with E-state index in [0.29, 0.717) is 3.53 Å². The minimum atomic E-state index is 0.597. The lowest BCUT2D eigenvalue weighted by atomic mass is 10.8. The number of rotatable bonds is 1. The van der Waals surface area contributed by atoms with Crippen molar-refractivity contribution in [1.29, 1.82) is 0 Å². The normalized spacial score (nSPS) is 9.44. The highest BCUT2D eigenvalue weighted by Crippen LogP contribution is 2.17. The van der Waals surface area contributed by atoms with Gasteiger partial charge in [-0.3, -0.25) is 5.10 Å². The van der Waals surface area contributed by atoms with Crippen LogP contribution in [0.1, 0.15) is 0 Å². The Balaban J connectivity index is 2.58. The summed E-state index contributed by atoms with van der Waals surface area (Å²) in [6, 6.07) is 1.84. The minimum absolute atomic E-state index is 0.597. The third-order valence-corrected chi connectivity index (χ3v) is 1.82. The van der Waals surface area contributed by atoms with Crippen LogP contribution in [0.3, 0.4) is 0 Å². The van der Waals surface area contributed by atoms with Crippen molar-refractivity contribution in [3.8, 4) is 0 Å². The first-order valence-electron chi connectivity index (χ1n) is 2.19. The van der Waals surface area contributed by atoms with Gasteiger partial charge in [-0.15, -0.1) is 12.6 Å². The molecule has 0 aliphatic heterocycles. The number of nitrogens with one attached hydrogen (secondary N) is 1. The lowest BCUT2D eigenvalue weighted by molar-refractivity contribution is 1.01. The number of H-pyrrole nitrogens is 1. The molecule has 1 rings (SSSR count). The van der Waals surface area contributed by atoms with Gasteiger partial charge in [-0.05, 0) is 6.07 Å². The molecule has 2 nitrogen and oxygen atoms in total. The van der Waals surface area contributed by atoms with Crippen LogP contribution in [0.2, 0.25) is 0 Å². The molecule has 9 heavy (non-hydrogen) atoms. The van der Waals surface area contributed by atoms with Crippen LogP contribution in [0.4, 0.5) is 0 Å². The Labute approximate surface area is 67.8 Å². The molecule has 0 unspecified atom stereocenters. The van der Waals surface area contributed by atoms with Crippen LogP contribution in [-0.4, -0.2) is 13.7 Å². The van der Waals surface area contributed by atoms with Crippen LogP contribution in [0.15, 0.2) is 17.3 Å². The summed E-state index contributed by atoms with van der Waals surface area (Å²) in [5, 5.41) is 7.41. The van der Waals surface area contributed by atoms with Gasteiger partial charge in [0.15, 0.2) is 0 Å². The van der Waals surface area contributed by atoms with Gasteiger partial charge in [0.05, 0.1) is 5.03 Å². The third-order valence-electron chi connectivity index (χ3n) is 0.672. The van der Waals surface area contributed by atoms with Gasteiger partial charge in [0.25, 0.3) is 0 Å². The van der Waals surface area contributed by atoms with E-state index in [0.717, 1.165) is 5.03 Å². The number of aromatic nitrogens is 2. The Morgan fingerprint density at radius 2 is 2.67 bits per heavy atom. The predicted molar refractivity (Wildman–Crippen MR) is 46.0 cm³/mol. The van der Waals surface area contributed by atoms with E-state index < -0.39 is 0 Å². The summed E-state index contributed by atoms with van der Waals surface area (Å²) >= 11 is 10.0. The lowest BCUT2D eigenvalue weighted by Gasteiger charge is -1.88. The molecule has 0 atom stereocenters. The van der Waals surface area contributed by atoms with Crippen LogP contribution < -0.4 is 0 Å². The molecule has 1 N–H and O–H groups in total. The van der Waals surface area contributed by atoms with Gasteiger partial charge in [-0.25, -0.2) is 0 Å². The second-order valence-electron chi connectivity index (χ2n) is 1.29. The van der Waals surface area contributed by atoms with Crippen LogP contribution in [0, 0.1) is 0 Å². The summed E-state index contributed by atoms with van der Waals surface area (Å²) in [5.74, 6) is 0. The Hall–Kier alpha value is -0.000000000000000111. The predicted octanol–water partition coefficient (Wildman–Crippen LogP) is 1.72. The number of thiol groups is 1. The zero-order chi connectivity index (χ0) is 6.69. The molecule has 0 radical (unpaired) electrons. The maximum Gasteiger partial charge on any atom is 0.107 e. The molecule has 0 amide bonds. The molecular formula is C4H4N2S3. The van der Waals surface area contributed by atoms with Gasteiger partial charge in [0.1, 0.15) is 3.53 Å². The van der Waals surface area contributed by atoms with Gasteiger partial charge >= 0.3 is 0 Å². The third kappa shape index (κ3) is 2.38. The Bertz CT molecular complexity index is 194. The number of aromatic amines is 1. The van der Waals surface area contributed by atoms with Gasteiger partial charge in [0.2, 0.25) is 0 Å². The second-order valence-corrected chi connectivity index (χ2v) is 4.06. The number of thiocarbonyl (C=S) groups is 1. The van der Waals surface area contributed by atoms with Gasteiger partial charge in [-0.2, -0.15) is 5.10 Å². The fourth-order valence-electron chi connectivity index (χ4n) is 0.394. The lowest BCUT2D eigenvalue weighted by Crippen LogP contribution is -1.73. The fourth-order valence-corrected chi connectivity index (χ4v) is 1.37. The standard InChI is InChI=1S/C4H4N2S3/c7-4(8)9-3-1-2-5-6-3/h1-2H,(H,5,6)(H,7,8). The number of thioether (sulfide) groups is 1. The molecule has 0 spiro atoms. The van der Waals surface area contributed by atoms with Crippen LogP contribution in [-0.2, 0) is 0 Å². The van der Waals surface area contributed by atoms with Crippen molar-refractivity contribution < 1.29 is 0 Å². The molecule has 0 saturated heterocycles. The topological polar surface area (TPSA) is 28.7 Å². The first-order valence-corrected chi connectivity index (χ1v) is 3.86. The van der Waals surface area contributed by atoms with E-state index in [1.165, 1.54) is 11.8 Å². The molecule has 0 aliphatic carbocycles. The van der Waals surface area contributed by atoms with Crippen molar-refractivity contribution in [3.63, 3.8) is 0 Å². The highest BCUT2D eigenvalue weighted by molar-refractivity contribution is 8.41. The summed E-state index contributed by atoms with van der Waals surface area (Å²) in [4.78, 5) is 0. The molecular weight excluding hydrogens is 172 g/mol. The summed E-state index contributed by atoms with van der Waals surface area (Å²) in [6.45, 7) is 0. The quantitative estimate of drug-likeness (QED) is 0.388. The van der Waals surface area contributed by atoms with E-state index in [-0.39, 0.29) is 0 Å². The average Bonchev–Trinajstić information content (AvgIpc) is 2.15. The second kappa shape index (κ2) is 3.24. The number of hydrogen-bond acceptors (Lipinski definition) is 3. The first-order chi connectivity index (χ1) is 4.29. The molecule has 5 heteroatoms. The SMILES string of the molecule is S=C(S)Sc1ccn[nH]1. The van der Waals surface area contributed by atoms with Crippen LogP contribution in [0.5, 0.6) is 0 Å². The highest BCUT2D eigenvalue weighted by atomic mass is 32.2. The molecule has 0 aromatic carbocycles. The van der Waals surface area contributed by atoms with Crippen molar-refractivity contribution in [2.75, 3.05) is 0 Å². The highest BCUT2D eigenvalue weighted by Gasteiger charge is 1.94. The molecule has 48 valence electrons. The molecule has 1 aromatic rings. The van der Waals surface area contributed by atoms with E-state index in [4.69, 9.17) is 12.2 Å². The summed E-state index contributed by atoms with van der Waals surface area (Å²) < 4.78 is 0.597. The molecule has 0 bridgehead atoms. The minimum Gasteiger partial charge on any atom is -0.272 e. The summed E-state index contributed by atoms with van der Waals surface area (Å²) in [6.07, 6.45) is 1.67. The Morgan fingerprint density at radius 1 is 1.89 bits per heavy atom. The van der Waals surface area contributed by atoms with E-state index >= 15 is 0 Å². The molecule has 1 aromatic heterocycles. The number of hydrogen-bond donors (Lipinski definition) is 2. The molecule has 0 fully saturated rings. The summed E-state index contributed by atoms with van der Waals surface area (Å²) in [7, 11) is 0. The van der Waals surface area contributed by atoms with Crippen molar-refractivity contribution in [2.24, 2.45) is 0 Å². The smallest absolute Gasteiger partial charge is 0.107 e. The molecule has 0 aliphatic rings.